The minimum absolute atomic E-state index is 0.0339. The van der Waals surface area contributed by atoms with Gasteiger partial charge in [0.25, 0.3) is 0 Å². The highest BCUT2D eigenvalue weighted by Crippen LogP contribution is 2.44. The van der Waals surface area contributed by atoms with E-state index in [9.17, 15) is 19.5 Å². The van der Waals surface area contributed by atoms with Crippen molar-refractivity contribution in [3.63, 3.8) is 0 Å². The highest BCUT2D eigenvalue weighted by atomic mass is 32.2. The quantitative estimate of drug-likeness (QED) is 0.487. The van der Waals surface area contributed by atoms with Gasteiger partial charge in [0.05, 0.1) is 0 Å². The number of amides is 2. The molecule has 2 aliphatic rings. The van der Waals surface area contributed by atoms with Crippen LogP contribution in [0.2, 0.25) is 0 Å². The number of hydrogen-bond acceptors (Lipinski definition) is 6. The maximum absolute atomic E-state index is 13.3. The molecule has 1 aliphatic carbocycles. The molecule has 0 saturated carbocycles. The number of carboxylic acids is 1. The maximum atomic E-state index is 13.3. The summed E-state index contributed by atoms with van der Waals surface area (Å²) in [6, 6.07) is 14.9. The second kappa shape index (κ2) is 11.6. The first-order valence-corrected chi connectivity index (χ1v) is 13.0. The number of rotatable bonds is 9. The number of ether oxygens (including phenoxy) is 1. The SMILES string of the molecule is O=C(O)CCC(NC(=O)OCC1c2ccccc2-c2ccccc21)C(=O)N1CCSCC1CCO. The zero-order valence-corrected chi connectivity index (χ0v) is 20.2. The minimum Gasteiger partial charge on any atom is -0.481 e. The van der Waals surface area contributed by atoms with Crippen LogP contribution in [0.5, 0.6) is 0 Å². The van der Waals surface area contributed by atoms with Crippen LogP contribution in [-0.4, -0.2) is 76.4 Å². The van der Waals surface area contributed by atoms with Crippen LogP contribution in [0.15, 0.2) is 48.5 Å². The number of alkyl carbamates (subject to hydrolysis) is 1. The number of nitrogens with one attached hydrogen (secondary N) is 1. The second-order valence-corrected chi connectivity index (χ2v) is 9.88. The first-order chi connectivity index (χ1) is 17.0. The summed E-state index contributed by atoms with van der Waals surface area (Å²) in [5, 5.41) is 21.1. The van der Waals surface area contributed by atoms with Gasteiger partial charge in [0, 0.05) is 43.0 Å². The van der Waals surface area contributed by atoms with Crippen LogP contribution >= 0.6 is 11.8 Å². The molecule has 1 fully saturated rings. The van der Waals surface area contributed by atoms with Gasteiger partial charge in [-0.25, -0.2) is 4.79 Å². The van der Waals surface area contributed by atoms with Crippen molar-refractivity contribution in [3.05, 3.63) is 59.7 Å². The average molecular weight is 499 g/mol. The van der Waals surface area contributed by atoms with Crippen molar-refractivity contribution in [1.82, 2.24) is 10.2 Å². The summed E-state index contributed by atoms with van der Waals surface area (Å²) >= 11 is 1.71. The van der Waals surface area contributed by atoms with Gasteiger partial charge in [-0.2, -0.15) is 11.8 Å². The third-order valence-corrected chi connectivity index (χ3v) is 7.65. The van der Waals surface area contributed by atoms with Gasteiger partial charge >= 0.3 is 12.1 Å². The van der Waals surface area contributed by atoms with Crippen LogP contribution in [0.1, 0.15) is 36.3 Å². The van der Waals surface area contributed by atoms with Crippen molar-refractivity contribution in [2.24, 2.45) is 0 Å². The monoisotopic (exact) mass is 498 g/mol. The van der Waals surface area contributed by atoms with Gasteiger partial charge in [-0.3, -0.25) is 9.59 Å². The maximum Gasteiger partial charge on any atom is 0.407 e. The first kappa shape index (κ1) is 25.1. The molecule has 2 aromatic carbocycles. The van der Waals surface area contributed by atoms with E-state index in [2.05, 4.69) is 17.4 Å². The van der Waals surface area contributed by atoms with Crippen LogP contribution in [0, 0.1) is 0 Å². The Balaban J connectivity index is 1.44. The van der Waals surface area contributed by atoms with E-state index in [1.165, 1.54) is 0 Å². The van der Waals surface area contributed by atoms with Crippen molar-refractivity contribution in [2.75, 3.05) is 31.3 Å². The Morgan fingerprint density at radius 1 is 1.09 bits per heavy atom. The molecule has 1 heterocycles. The molecular formula is C26H30N2O6S. The molecule has 0 bridgehead atoms. The molecular weight excluding hydrogens is 468 g/mol. The third kappa shape index (κ3) is 5.79. The molecule has 35 heavy (non-hydrogen) atoms. The number of thioether (sulfide) groups is 1. The number of carbonyl (C=O) groups excluding carboxylic acids is 2. The summed E-state index contributed by atoms with van der Waals surface area (Å²) in [5.41, 5.74) is 4.39. The van der Waals surface area contributed by atoms with Gasteiger partial charge in [-0.15, -0.1) is 0 Å². The molecule has 0 radical (unpaired) electrons. The Bertz CT molecular complexity index is 1030. The van der Waals surface area contributed by atoms with E-state index < -0.39 is 18.1 Å². The van der Waals surface area contributed by atoms with E-state index >= 15 is 0 Å². The molecule has 186 valence electrons. The lowest BCUT2D eigenvalue weighted by atomic mass is 9.98. The summed E-state index contributed by atoms with van der Waals surface area (Å²) in [7, 11) is 0. The van der Waals surface area contributed by atoms with E-state index in [1.807, 2.05) is 36.4 Å². The van der Waals surface area contributed by atoms with Gasteiger partial charge < -0.3 is 25.2 Å². The van der Waals surface area contributed by atoms with Gasteiger partial charge in [-0.1, -0.05) is 48.5 Å². The Labute approximate surface area is 208 Å². The van der Waals surface area contributed by atoms with E-state index in [0.717, 1.165) is 28.0 Å². The van der Waals surface area contributed by atoms with Gasteiger partial charge in [0.15, 0.2) is 0 Å². The summed E-state index contributed by atoms with van der Waals surface area (Å²) in [4.78, 5) is 38.9. The molecule has 9 heteroatoms. The van der Waals surface area contributed by atoms with Crippen LogP contribution in [0.4, 0.5) is 4.79 Å². The Morgan fingerprint density at radius 2 is 1.74 bits per heavy atom. The fourth-order valence-corrected chi connectivity index (χ4v) is 5.95. The predicted octanol–water partition coefficient (Wildman–Crippen LogP) is 3.08. The van der Waals surface area contributed by atoms with E-state index in [0.29, 0.717) is 18.7 Å². The summed E-state index contributed by atoms with van der Waals surface area (Å²) < 4.78 is 5.58. The predicted molar refractivity (Wildman–Crippen MR) is 133 cm³/mol. The number of aliphatic carboxylic acids is 1. The van der Waals surface area contributed by atoms with Gasteiger partial charge in [0.2, 0.25) is 5.91 Å². The molecule has 0 spiro atoms. The normalized spacial score (nSPS) is 17.9. The number of nitrogens with zero attached hydrogens (tertiary/aromatic N) is 1. The molecule has 2 unspecified atom stereocenters. The minimum atomic E-state index is -1.04. The molecule has 2 atom stereocenters. The van der Waals surface area contributed by atoms with Crippen LogP contribution in [0.25, 0.3) is 11.1 Å². The molecule has 2 aromatic rings. The number of carbonyl (C=O) groups is 3. The summed E-state index contributed by atoms with van der Waals surface area (Å²) in [6.07, 6.45) is -0.600. The van der Waals surface area contributed by atoms with Gasteiger partial charge in [0.1, 0.15) is 12.6 Å². The highest BCUT2D eigenvalue weighted by molar-refractivity contribution is 7.99. The average Bonchev–Trinajstić information content (AvgIpc) is 3.19. The number of carboxylic acid groups (broad SMARTS) is 1. The number of hydrogen-bond donors (Lipinski definition) is 3. The summed E-state index contributed by atoms with van der Waals surface area (Å²) in [5.74, 6) is -0.0428. The Hall–Kier alpha value is -3.04. The molecule has 4 rings (SSSR count). The van der Waals surface area contributed by atoms with Crippen molar-refractivity contribution >= 4 is 29.7 Å². The molecule has 0 aromatic heterocycles. The van der Waals surface area contributed by atoms with Crippen molar-refractivity contribution in [1.29, 1.82) is 0 Å². The number of aliphatic hydroxyl groups is 1. The first-order valence-electron chi connectivity index (χ1n) is 11.8. The molecule has 2 amide bonds. The van der Waals surface area contributed by atoms with Gasteiger partial charge in [-0.05, 0) is 35.1 Å². The molecule has 1 saturated heterocycles. The number of fused-ring (bicyclic) bond motifs is 3. The fraction of sp³-hybridized carbons (Fsp3) is 0.423. The standard InChI is InChI=1S/C26H30N2O6S/c29-13-11-17-16-35-14-12-28(17)25(32)23(9-10-24(30)31)27-26(33)34-15-22-20-7-3-1-5-18(20)19-6-2-4-8-21(19)22/h1-8,17,22-23,29H,9-16H2,(H,27,33)(H,30,31). The van der Waals surface area contributed by atoms with Crippen molar-refractivity contribution in [2.45, 2.75) is 37.3 Å². The highest BCUT2D eigenvalue weighted by Gasteiger charge is 2.34. The smallest absolute Gasteiger partial charge is 0.407 e. The Morgan fingerprint density at radius 3 is 2.37 bits per heavy atom. The lowest BCUT2D eigenvalue weighted by Gasteiger charge is -2.37. The van der Waals surface area contributed by atoms with Crippen LogP contribution < -0.4 is 5.32 Å². The molecule has 1 aliphatic heterocycles. The van der Waals surface area contributed by atoms with Crippen LogP contribution in [-0.2, 0) is 14.3 Å². The third-order valence-electron chi connectivity index (χ3n) is 6.55. The Kier molecular flexibility index (Phi) is 8.30. The lowest BCUT2D eigenvalue weighted by Crippen LogP contribution is -2.55. The molecule has 3 N–H and O–H groups in total. The number of benzene rings is 2. The fourth-order valence-electron chi connectivity index (χ4n) is 4.84. The lowest BCUT2D eigenvalue weighted by molar-refractivity contribution is -0.138. The van der Waals surface area contributed by atoms with Crippen molar-refractivity contribution < 1.29 is 29.3 Å². The van der Waals surface area contributed by atoms with Crippen molar-refractivity contribution in [3.8, 4) is 11.1 Å². The zero-order chi connectivity index (χ0) is 24.8. The largest absolute Gasteiger partial charge is 0.481 e. The van der Waals surface area contributed by atoms with E-state index in [-0.39, 0.29) is 43.9 Å². The zero-order valence-electron chi connectivity index (χ0n) is 19.4. The van der Waals surface area contributed by atoms with E-state index in [1.54, 1.807) is 16.7 Å². The van der Waals surface area contributed by atoms with E-state index in [4.69, 9.17) is 9.84 Å². The summed E-state index contributed by atoms with van der Waals surface area (Å²) in [6.45, 7) is 0.548. The van der Waals surface area contributed by atoms with Crippen LogP contribution in [0.3, 0.4) is 0 Å². The number of aliphatic hydroxyl groups excluding tert-OH is 1. The topological polar surface area (TPSA) is 116 Å². The second-order valence-electron chi connectivity index (χ2n) is 8.73. The molecule has 8 nitrogen and oxygen atoms in total.